The van der Waals surface area contributed by atoms with E-state index < -0.39 is 5.91 Å². The maximum Gasteiger partial charge on any atom is 0.251 e. The van der Waals surface area contributed by atoms with Crippen molar-refractivity contribution in [2.75, 3.05) is 62.6 Å². The summed E-state index contributed by atoms with van der Waals surface area (Å²) in [6.45, 7) is 7.44. The number of carbonyl (C=O) groups is 2. The number of hydrogen-bond donors (Lipinski definition) is 2. The van der Waals surface area contributed by atoms with Crippen molar-refractivity contribution in [2.45, 2.75) is 38.5 Å². The van der Waals surface area contributed by atoms with Crippen LogP contribution in [0.2, 0.25) is 0 Å². The van der Waals surface area contributed by atoms with Gasteiger partial charge >= 0.3 is 0 Å². The molecule has 0 unspecified atom stereocenters. The molecule has 2 aromatic heterocycles. The lowest BCUT2D eigenvalue weighted by atomic mass is 9.95. The van der Waals surface area contributed by atoms with E-state index in [9.17, 15) is 9.59 Å². The van der Waals surface area contributed by atoms with Crippen LogP contribution >= 0.6 is 11.3 Å². The second-order valence-electron chi connectivity index (χ2n) is 10.0. The molecule has 2 aliphatic heterocycles. The van der Waals surface area contributed by atoms with Crippen molar-refractivity contribution < 1.29 is 9.59 Å². The zero-order chi connectivity index (χ0) is 24.2. The molecule has 0 saturated carbocycles. The number of aryl methyl sites for hydroxylation is 1. The van der Waals surface area contributed by atoms with Crippen LogP contribution in [0.15, 0.2) is 24.4 Å². The van der Waals surface area contributed by atoms with Gasteiger partial charge < -0.3 is 16.0 Å². The second kappa shape index (κ2) is 11.1. The van der Waals surface area contributed by atoms with E-state index >= 15 is 0 Å². The quantitative estimate of drug-likeness (QED) is 0.612. The van der Waals surface area contributed by atoms with Gasteiger partial charge in [-0.05, 0) is 68.7 Å². The standard InChI is InChI=1S/C26H36N6O2S/c27-25(34)24-20-7-1-2-8-21(20)35-26(24)29-23(33)18-31-11-5-6-19(17-31)16-30-12-14-32(15-13-30)22-9-3-4-10-28-22/h3-4,9-10,19H,1-2,5-8,11-18H2,(H2,27,34)(H,29,33)/t19-/m0/s1. The number of piperidine rings is 1. The van der Waals surface area contributed by atoms with Crippen molar-refractivity contribution in [1.82, 2.24) is 14.8 Å². The van der Waals surface area contributed by atoms with Crippen LogP contribution in [0.5, 0.6) is 0 Å². The van der Waals surface area contributed by atoms with E-state index in [1.165, 1.54) is 22.6 Å². The lowest BCUT2D eigenvalue weighted by molar-refractivity contribution is -0.117. The van der Waals surface area contributed by atoms with Crippen molar-refractivity contribution in [3.05, 3.63) is 40.4 Å². The van der Waals surface area contributed by atoms with E-state index in [1.54, 1.807) is 0 Å². The minimum absolute atomic E-state index is 0.0456. The van der Waals surface area contributed by atoms with Crippen LogP contribution < -0.4 is 16.0 Å². The highest BCUT2D eigenvalue weighted by molar-refractivity contribution is 7.17. The van der Waals surface area contributed by atoms with Gasteiger partial charge in [-0.15, -0.1) is 11.3 Å². The smallest absolute Gasteiger partial charge is 0.251 e. The van der Waals surface area contributed by atoms with Crippen LogP contribution in [0.4, 0.5) is 10.8 Å². The third-order valence-corrected chi connectivity index (χ3v) is 8.71. The number of likely N-dealkylation sites (tertiary alicyclic amines) is 1. The van der Waals surface area contributed by atoms with Gasteiger partial charge in [-0.3, -0.25) is 19.4 Å². The number of carbonyl (C=O) groups excluding carboxylic acids is 2. The van der Waals surface area contributed by atoms with Crippen LogP contribution in [0, 0.1) is 5.92 Å². The average Bonchev–Trinajstić information content (AvgIpc) is 3.23. The number of pyridine rings is 1. The number of nitrogens with one attached hydrogen (secondary N) is 1. The van der Waals surface area contributed by atoms with Crippen LogP contribution in [-0.4, -0.2) is 79.0 Å². The fraction of sp³-hybridized carbons (Fsp3) is 0.577. The van der Waals surface area contributed by atoms with Gasteiger partial charge in [-0.1, -0.05) is 6.07 Å². The molecule has 1 atom stereocenters. The van der Waals surface area contributed by atoms with Gasteiger partial charge in [-0.25, -0.2) is 4.98 Å². The maximum atomic E-state index is 12.9. The summed E-state index contributed by atoms with van der Waals surface area (Å²) >= 11 is 1.54. The molecule has 9 heteroatoms. The molecule has 188 valence electrons. The fourth-order valence-corrected chi connectivity index (χ4v) is 7.10. The van der Waals surface area contributed by atoms with Crippen molar-refractivity contribution in [1.29, 1.82) is 0 Å². The first-order valence-corrected chi connectivity index (χ1v) is 13.7. The van der Waals surface area contributed by atoms with Crippen LogP contribution in [0.3, 0.4) is 0 Å². The van der Waals surface area contributed by atoms with Crippen molar-refractivity contribution in [3.8, 4) is 0 Å². The zero-order valence-electron chi connectivity index (χ0n) is 20.4. The summed E-state index contributed by atoms with van der Waals surface area (Å²) in [5, 5.41) is 3.68. The number of rotatable bonds is 7. The van der Waals surface area contributed by atoms with Gasteiger partial charge in [0.2, 0.25) is 5.91 Å². The molecule has 0 radical (unpaired) electrons. The number of aromatic nitrogens is 1. The monoisotopic (exact) mass is 496 g/mol. The number of amides is 2. The van der Waals surface area contributed by atoms with Gasteiger partial charge in [0.15, 0.2) is 0 Å². The Kier molecular flexibility index (Phi) is 7.65. The molecule has 0 spiro atoms. The summed E-state index contributed by atoms with van der Waals surface area (Å²) in [4.78, 5) is 37.9. The predicted molar refractivity (Wildman–Crippen MR) is 140 cm³/mol. The Morgan fingerprint density at radius 2 is 1.89 bits per heavy atom. The molecule has 3 aliphatic rings. The summed E-state index contributed by atoms with van der Waals surface area (Å²) in [5.74, 6) is 1.16. The number of thiophene rings is 1. The first-order valence-electron chi connectivity index (χ1n) is 12.9. The summed E-state index contributed by atoms with van der Waals surface area (Å²) in [6.07, 6.45) is 8.24. The third-order valence-electron chi connectivity index (χ3n) is 7.50. The first-order chi connectivity index (χ1) is 17.1. The summed E-state index contributed by atoms with van der Waals surface area (Å²) in [7, 11) is 0. The first kappa shape index (κ1) is 24.2. The van der Waals surface area contributed by atoms with E-state index in [4.69, 9.17) is 5.73 Å². The van der Waals surface area contributed by atoms with Crippen molar-refractivity contribution in [2.24, 2.45) is 11.7 Å². The average molecular weight is 497 g/mol. The molecule has 2 amide bonds. The Morgan fingerprint density at radius 1 is 1.06 bits per heavy atom. The maximum absolute atomic E-state index is 12.9. The second-order valence-corrected chi connectivity index (χ2v) is 11.2. The van der Waals surface area contributed by atoms with Crippen LogP contribution in [-0.2, 0) is 17.6 Å². The summed E-state index contributed by atoms with van der Waals surface area (Å²) in [6, 6.07) is 6.08. The van der Waals surface area contributed by atoms with Gasteiger partial charge in [0.1, 0.15) is 10.8 Å². The van der Waals surface area contributed by atoms with E-state index in [0.717, 1.165) is 89.3 Å². The summed E-state index contributed by atoms with van der Waals surface area (Å²) < 4.78 is 0. The van der Waals surface area contributed by atoms with Gasteiger partial charge in [0.05, 0.1) is 12.1 Å². The third kappa shape index (κ3) is 5.85. The molecular formula is C26H36N6O2S. The number of nitrogens with two attached hydrogens (primary N) is 1. The predicted octanol–water partition coefficient (Wildman–Crippen LogP) is 2.59. The number of piperazine rings is 1. The van der Waals surface area contributed by atoms with Crippen molar-refractivity contribution in [3.63, 3.8) is 0 Å². The molecule has 8 nitrogen and oxygen atoms in total. The lowest BCUT2D eigenvalue weighted by Gasteiger charge is -2.39. The zero-order valence-corrected chi connectivity index (χ0v) is 21.2. The molecule has 2 fully saturated rings. The number of fused-ring (bicyclic) bond motifs is 1. The molecule has 3 N–H and O–H groups in total. The molecule has 2 saturated heterocycles. The number of anilines is 2. The Morgan fingerprint density at radius 3 is 2.66 bits per heavy atom. The Bertz CT molecular complexity index is 1030. The number of hydrogen-bond acceptors (Lipinski definition) is 7. The van der Waals surface area contributed by atoms with Crippen LogP contribution in [0.1, 0.15) is 46.5 Å². The molecule has 4 heterocycles. The SMILES string of the molecule is NC(=O)c1c(NC(=O)CN2CCC[C@@H](CN3CCN(c4ccccn4)CC3)C2)sc2c1CCCC2. The topological polar surface area (TPSA) is 94.8 Å². The van der Waals surface area contributed by atoms with Gasteiger partial charge in [0.25, 0.3) is 5.91 Å². The largest absolute Gasteiger partial charge is 0.365 e. The minimum Gasteiger partial charge on any atom is -0.365 e. The minimum atomic E-state index is -0.430. The van der Waals surface area contributed by atoms with Gasteiger partial charge in [0, 0.05) is 50.3 Å². The molecule has 5 rings (SSSR count). The van der Waals surface area contributed by atoms with E-state index in [2.05, 4.69) is 31.1 Å². The lowest BCUT2D eigenvalue weighted by Crippen LogP contribution is -2.50. The number of primary amides is 1. The molecule has 0 aromatic carbocycles. The molecule has 1 aliphatic carbocycles. The molecule has 0 bridgehead atoms. The van der Waals surface area contributed by atoms with Gasteiger partial charge in [-0.2, -0.15) is 0 Å². The van der Waals surface area contributed by atoms with E-state index in [0.29, 0.717) is 23.0 Å². The molecule has 35 heavy (non-hydrogen) atoms. The Labute approximate surface area is 211 Å². The molecule has 2 aromatic rings. The Hall–Kier alpha value is -2.49. The fourth-order valence-electron chi connectivity index (χ4n) is 5.79. The normalized spacial score (nSPS) is 21.5. The summed E-state index contributed by atoms with van der Waals surface area (Å²) in [5.41, 5.74) is 7.29. The van der Waals surface area contributed by atoms with E-state index in [1.807, 2.05) is 18.3 Å². The van der Waals surface area contributed by atoms with E-state index in [-0.39, 0.29) is 5.91 Å². The highest BCUT2D eigenvalue weighted by Gasteiger charge is 2.28. The highest BCUT2D eigenvalue weighted by atomic mass is 32.1. The number of nitrogens with zero attached hydrogens (tertiary/aromatic N) is 4. The van der Waals surface area contributed by atoms with Crippen molar-refractivity contribution >= 4 is 34.0 Å². The highest BCUT2D eigenvalue weighted by Crippen LogP contribution is 2.37. The van der Waals surface area contributed by atoms with Crippen LogP contribution in [0.25, 0.3) is 0 Å². The Balaban J connectivity index is 1.11. The molecular weight excluding hydrogens is 460 g/mol.